The van der Waals surface area contributed by atoms with Crippen LogP contribution in [0.25, 0.3) is 0 Å². The van der Waals surface area contributed by atoms with Crippen molar-refractivity contribution in [3.63, 3.8) is 0 Å². The summed E-state index contributed by atoms with van der Waals surface area (Å²) in [6.07, 6.45) is -1.76. The van der Waals surface area contributed by atoms with E-state index in [4.69, 9.17) is 18.4 Å². The van der Waals surface area contributed by atoms with Crippen molar-refractivity contribution in [2.45, 2.75) is 64.1 Å². The molecule has 0 amide bonds. The van der Waals surface area contributed by atoms with Crippen molar-refractivity contribution in [3.8, 4) is 0 Å². The van der Waals surface area contributed by atoms with Gasteiger partial charge in [-0.15, -0.1) is 0 Å². The average Bonchev–Trinajstić information content (AvgIpc) is 2.98. The Bertz CT molecular complexity index is 906. The minimum Gasteiger partial charge on any atom is -0.346 e. The lowest BCUT2D eigenvalue weighted by Crippen LogP contribution is -2.37. The molecule has 0 aromatic carbocycles. The highest BCUT2D eigenvalue weighted by molar-refractivity contribution is 7.84. The molecule has 4 atom stereocenters. The van der Waals surface area contributed by atoms with Gasteiger partial charge >= 0.3 is 16.0 Å². The standard InChI is InChI=1S/C15H23N3O8S/c1-8(2)17-27(21,22)23-7-9-11-12(26-15(3,4)25-11)13(24-9)18-6-5-10(19)16-14(18)20/h5-6,8-9,11-13,17H,7H2,1-4H3,(H,16,19,20)/t9?,11?,12-,13-/m1/s1. The first-order valence-corrected chi connectivity index (χ1v) is 9.87. The molecule has 1 aromatic rings. The van der Waals surface area contributed by atoms with Gasteiger partial charge in [0.25, 0.3) is 5.56 Å². The molecular formula is C15H23N3O8S. The number of aromatic amines is 1. The largest absolute Gasteiger partial charge is 0.346 e. The van der Waals surface area contributed by atoms with Crippen molar-refractivity contribution in [2.24, 2.45) is 0 Å². The number of fused-ring (bicyclic) bond motifs is 1. The predicted octanol–water partition coefficient (Wildman–Crippen LogP) is -0.786. The Labute approximate surface area is 155 Å². The van der Waals surface area contributed by atoms with Gasteiger partial charge in [-0.25, -0.2) is 4.79 Å². The molecule has 3 heterocycles. The zero-order chi connectivity index (χ0) is 20.0. The zero-order valence-corrected chi connectivity index (χ0v) is 16.2. The lowest BCUT2D eigenvalue weighted by atomic mass is 10.1. The molecule has 2 unspecified atom stereocenters. The lowest BCUT2D eigenvalue weighted by Gasteiger charge is -2.24. The Morgan fingerprint density at radius 1 is 1.30 bits per heavy atom. The third-order valence-corrected chi connectivity index (χ3v) is 5.22. The van der Waals surface area contributed by atoms with Gasteiger partial charge in [-0.2, -0.15) is 13.1 Å². The first-order valence-electron chi connectivity index (χ1n) is 8.47. The van der Waals surface area contributed by atoms with Gasteiger partial charge in [-0.05, 0) is 27.7 Å². The normalized spacial score (nSPS) is 30.0. The van der Waals surface area contributed by atoms with Gasteiger partial charge in [0.2, 0.25) is 0 Å². The van der Waals surface area contributed by atoms with Crippen molar-refractivity contribution in [3.05, 3.63) is 33.1 Å². The molecule has 12 heteroatoms. The summed E-state index contributed by atoms with van der Waals surface area (Å²) >= 11 is 0. The van der Waals surface area contributed by atoms with Crippen molar-refractivity contribution in [1.29, 1.82) is 0 Å². The van der Waals surface area contributed by atoms with Gasteiger partial charge in [0.05, 0.1) is 6.61 Å². The van der Waals surface area contributed by atoms with Gasteiger partial charge in [0.1, 0.15) is 18.3 Å². The maximum absolute atomic E-state index is 12.1. The van der Waals surface area contributed by atoms with Gasteiger partial charge < -0.3 is 14.2 Å². The maximum Gasteiger partial charge on any atom is 0.336 e. The smallest absolute Gasteiger partial charge is 0.336 e. The van der Waals surface area contributed by atoms with E-state index in [9.17, 15) is 18.0 Å². The molecule has 0 bridgehead atoms. The molecular weight excluding hydrogens is 382 g/mol. The van der Waals surface area contributed by atoms with E-state index in [0.717, 1.165) is 0 Å². The zero-order valence-electron chi connectivity index (χ0n) is 15.4. The van der Waals surface area contributed by atoms with Crippen LogP contribution < -0.4 is 16.0 Å². The molecule has 11 nitrogen and oxygen atoms in total. The molecule has 2 N–H and O–H groups in total. The van der Waals surface area contributed by atoms with E-state index in [-0.39, 0.29) is 12.6 Å². The van der Waals surface area contributed by atoms with E-state index in [1.807, 2.05) is 0 Å². The molecule has 1 aromatic heterocycles. The second kappa shape index (κ2) is 7.11. The summed E-state index contributed by atoms with van der Waals surface area (Å²) in [6.45, 7) is 6.41. The number of nitrogens with zero attached hydrogens (tertiary/aromatic N) is 1. The average molecular weight is 405 g/mol. The summed E-state index contributed by atoms with van der Waals surface area (Å²) in [5.41, 5.74) is -1.21. The van der Waals surface area contributed by atoms with Crippen LogP contribution in [0, 0.1) is 0 Å². The molecule has 0 saturated carbocycles. The Balaban J connectivity index is 1.82. The van der Waals surface area contributed by atoms with E-state index in [2.05, 4.69) is 9.71 Å². The lowest BCUT2D eigenvalue weighted by molar-refractivity contribution is -0.199. The van der Waals surface area contributed by atoms with Crippen LogP contribution >= 0.6 is 0 Å². The fourth-order valence-electron chi connectivity index (χ4n) is 3.12. The molecule has 3 rings (SSSR count). The molecule has 0 spiro atoms. The third kappa shape index (κ3) is 4.47. The molecule has 0 aliphatic carbocycles. The fourth-order valence-corrected chi connectivity index (χ4v) is 4.08. The van der Waals surface area contributed by atoms with Gasteiger partial charge in [0, 0.05) is 18.3 Å². The number of nitrogens with one attached hydrogen (secondary N) is 2. The minimum atomic E-state index is -3.96. The highest BCUT2D eigenvalue weighted by atomic mass is 32.2. The molecule has 2 aliphatic heterocycles. The molecule has 0 radical (unpaired) electrons. The van der Waals surface area contributed by atoms with Crippen molar-refractivity contribution >= 4 is 10.3 Å². The number of aromatic nitrogens is 2. The summed E-state index contributed by atoms with van der Waals surface area (Å²) in [4.78, 5) is 25.6. The van der Waals surface area contributed by atoms with Crippen LogP contribution in [-0.2, 0) is 28.7 Å². The first-order chi connectivity index (χ1) is 12.5. The monoisotopic (exact) mass is 405 g/mol. The van der Waals surface area contributed by atoms with Crippen LogP contribution in [0.15, 0.2) is 21.9 Å². The van der Waals surface area contributed by atoms with Crippen LogP contribution in [0.3, 0.4) is 0 Å². The van der Waals surface area contributed by atoms with Crippen molar-refractivity contribution in [1.82, 2.24) is 14.3 Å². The summed E-state index contributed by atoms with van der Waals surface area (Å²) in [6, 6.07) is 0.853. The minimum absolute atomic E-state index is 0.322. The summed E-state index contributed by atoms with van der Waals surface area (Å²) < 4.78 is 49.7. The highest BCUT2D eigenvalue weighted by Crippen LogP contribution is 2.42. The number of hydrogen-bond donors (Lipinski definition) is 2. The van der Waals surface area contributed by atoms with Gasteiger partial charge in [0.15, 0.2) is 12.0 Å². The molecule has 2 fully saturated rings. The Kier molecular flexibility index (Phi) is 5.31. The number of rotatable bonds is 6. The Hall–Kier alpha value is -1.57. The molecule has 152 valence electrons. The van der Waals surface area contributed by atoms with Crippen molar-refractivity contribution in [2.75, 3.05) is 6.61 Å². The first kappa shape index (κ1) is 20.2. The van der Waals surface area contributed by atoms with E-state index in [1.54, 1.807) is 27.7 Å². The van der Waals surface area contributed by atoms with Crippen LogP contribution in [0.2, 0.25) is 0 Å². The van der Waals surface area contributed by atoms with Crippen LogP contribution in [0.1, 0.15) is 33.9 Å². The summed E-state index contributed by atoms with van der Waals surface area (Å²) in [5.74, 6) is -0.948. The van der Waals surface area contributed by atoms with Gasteiger partial charge in [-0.3, -0.25) is 18.5 Å². The van der Waals surface area contributed by atoms with Crippen LogP contribution in [-0.4, -0.2) is 54.7 Å². The predicted molar refractivity (Wildman–Crippen MR) is 92.2 cm³/mol. The summed E-state index contributed by atoms with van der Waals surface area (Å²) in [7, 11) is -3.96. The highest BCUT2D eigenvalue weighted by Gasteiger charge is 2.56. The van der Waals surface area contributed by atoms with Crippen molar-refractivity contribution < 1.29 is 26.8 Å². The fraction of sp³-hybridized carbons (Fsp3) is 0.733. The van der Waals surface area contributed by atoms with Gasteiger partial charge in [-0.1, -0.05) is 0 Å². The second-order valence-electron chi connectivity index (χ2n) is 7.16. The Morgan fingerprint density at radius 2 is 1.96 bits per heavy atom. The molecule has 2 aliphatic rings. The molecule has 27 heavy (non-hydrogen) atoms. The molecule has 2 saturated heterocycles. The van der Waals surface area contributed by atoms with E-state index in [0.29, 0.717) is 0 Å². The maximum atomic E-state index is 12.1. The van der Waals surface area contributed by atoms with Crippen LogP contribution in [0.4, 0.5) is 0 Å². The summed E-state index contributed by atoms with van der Waals surface area (Å²) in [5, 5.41) is 0. The number of hydrogen-bond acceptors (Lipinski definition) is 8. The SMILES string of the molecule is CC(C)NS(=O)(=O)OCC1O[C@@H](n2ccc(=O)[nH]c2=O)[C@@H]2OC(C)(C)OC12. The number of ether oxygens (including phenoxy) is 3. The topological polar surface area (TPSA) is 138 Å². The van der Waals surface area contributed by atoms with E-state index in [1.165, 1.54) is 16.8 Å². The van der Waals surface area contributed by atoms with Crippen LogP contribution in [0.5, 0.6) is 0 Å². The Morgan fingerprint density at radius 3 is 2.59 bits per heavy atom. The second-order valence-corrected chi connectivity index (χ2v) is 8.54. The van der Waals surface area contributed by atoms with E-state index < -0.39 is 51.9 Å². The third-order valence-electron chi connectivity index (χ3n) is 4.02. The quantitative estimate of drug-likeness (QED) is 0.628. The number of H-pyrrole nitrogens is 1. The van der Waals surface area contributed by atoms with E-state index >= 15 is 0 Å².